The molecule has 2 aromatic heterocycles. The quantitative estimate of drug-likeness (QED) is 0.339. The van der Waals surface area contributed by atoms with Gasteiger partial charge in [-0.1, -0.05) is 30.0 Å². The number of amides is 1. The van der Waals surface area contributed by atoms with E-state index in [0.29, 0.717) is 23.0 Å². The number of nitriles is 1. The molecule has 0 saturated heterocycles. The van der Waals surface area contributed by atoms with Crippen LogP contribution in [0.5, 0.6) is 0 Å². The first kappa shape index (κ1) is 21.3. The number of rotatable bonds is 6. The van der Waals surface area contributed by atoms with Crippen LogP contribution in [0.1, 0.15) is 35.8 Å². The van der Waals surface area contributed by atoms with E-state index in [9.17, 15) is 14.9 Å². The summed E-state index contributed by atoms with van der Waals surface area (Å²) in [5.74, 6) is -0.252. The third-order valence-corrected chi connectivity index (χ3v) is 7.58. The Bertz CT molecular complexity index is 1270. The number of carbonyl (C=O) groups excluding carboxylic acids is 1. The molecule has 0 radical (unpaired) electrons. The zero-order valence-corrected chi connectivity index (χ0v) is 18.8. The van der Waals surface area contributed by atoms with Gasteiger partial charge in [-0.2, -0.15) is 5.26 Å². The van der Waals surface area contributed by atoms with Gasteiger partial charge >= 0.3 is 0 Å². The number of thiophene rings is 1. The van der Waals surface area contributed by atoms with Gasteiger partial charge in [0.25, 0.3) is 5.56 Å². The molecule has 3 aromatic rings. The van der Waals surface area contributed by atoms with E-state index in [4.69, 9.17) is 4.98 Å². The molecule has 1 aromatic carbocycles. The molecule has 8 heteroatoms. The Hall–Kier alpha value is -2.89. The third kappa shape index (κ3) is 4.16. The molecular formula is C23H22N4O2S2. The molecule has 1 aliphatic carbocycles. The highest BCUT2D eigenvalue weighted by molar-refractivity contribution is 8.00. The van der Waals surface area contributed by atoms with Crippen molar-refractivity contribution in [3.8, 4) is 6.07 Å². The minimum atomic E-state index is -0.512. The molecule has 0 spiro atoms. The molecular weight excluding hydrogens is 428 g/mol. The number of allylic oxidation sites excluding steroid dienone is 1. The van der Waals surface area contributed by atoms with Crippen molar-refractivity contribution in [2.45, 2.75) is 49.6 Å². The van der Waals surface area contributed by atoms with Gasteiger partial charge in [0.2, 0.25) is 5.91 Å². The maximum absolute atomic E-state index is 13.3. The lowest BCUT2D eigenvalue weighted by Gasteiger charge is -2.15. The van der Waals surface area contributed by atoms with E-state index in [-0.39, 0.29) is 11.5 Å². The molecule has 2 heterocycles. The van der Waals surface area contributed by atoms with E-state index >= 15 is 0 Å². The summed E-state index contributed by atoms with van der Waals surface area (Å²) in [4.78, 5) is 32.9. The van der Waals surface area contributed by atoms with E-state index in [1.54, 1.807) is 53.2 Å². The minimum Gasteiger partial charge on any atom is -0.324 e. The molecule has 0 unspecified atom stereocenters. The molecule has 4 rings (SSSR count). The summed E-state index contributed by atoms with van der Waals surface area (Å²) < 4.78 is 1.61. The summed E-state index contributed by atoms with van der Waals surface area (Å²) in [6.45, 7) is 5.88. The number of anilines is 1. The Morgan fingerprint density at radius 1 is 1.42 bits per heavy atom. The number of thioether (sulfide) groups is 1. The lowest BCUT2D eigenvalue weighted by molar-refractivity contribution is -0.115. The van der Waals surface area contributed by atoms with Crippen molar-refractivity contribution in [3.63, 3.8) is 0 Å². The third-order valence-electron chi connectivity index (χ3n) is 5.31. The number of benzene rings is 1. The van der Waals surface area contributed by atoms with Gasteiger partial charge in [-0.3, -0.25) is 14.2 Å². The summed E-state index contributed by atoms with van der Waals surface area (Å²) in [5, 5.41) is 12.8. The lowest BCUT2D eigenvalue weighted by atomic mass is 9.97. The van der Waals surface area contributed by atoms with Crippen LogP contribution in [0.4, 0.5) is 5.69 Å². The molecule has 6 nitrogen and oxygen atoms in total. The second-order valence-electron chi connectivity index (χ2n) is 7.40. The van der Waals surface area contributed by atoms with Crippen LogP contribution in [0.2, 0.25) is 0 Å². The predicted molar refractivity (Wildman–Crippen MR) is 126 cm³/mol. The Labute approximate surface area is 188 Å². The number of aryl methyl sites for hydroxylation is 2. The van der Waals surface area contributed by atoms with Crippen molar-refractivity contribution in [1.82, 2.24) is 9.55 Å². The van der Waals surface area contributed by atoms with E-state index in [1.807, 2.05) is 0 Å². The van der Waals surface area contributed by atoms with Crippen molar-refractivity contribution in [2.75, 3.05) is 5.32 Å². The fraction of sp³-hybridized carbons (Fsp3) is 0.304. The summed E-state index contributed by atoms with van der Waals surface area (Å²) in [6.07, 6.45) is 5.83. The molecule has 1 amide bonds. The van der Waals surface area contributed by atoms with Crippen LogP contribution in [0.25, 0.3) is 10.2 Å². The van der Waals surface area contributed by atoms with Crippen molar-refractivity contribution < 1.29 is 4.79 Å². The van der Waals surface area contributed by atoms with Gasteiger partial charge in [0, 0.05) is 11.4 Å². The monoisotopic (exact) mass is 450 g/mol. The van der Waals surface area contributed by atoms with E-state index in [0.717, 1.165) is 41.5 Å². The zero-order valence-electron chi connectivity index (χ0n) is 17.2. The first-order chi connectivity index (χ1) is 15.0. The first-order valence-corrected chi connectivity index (χ1v) is 11.9. The fourth-order valence-electron chi connectivity index (χ4n) is 3.74. The van der Waals surface area contributed by atoms with Crippen LogP contribution in [-0.2, 0) is 24.2 Å². The topological polar surface area (TPSA) is 87.8 Å². The first-order valence-electron chi connectivity index (χ1n) is 10.2. The maximum atomic E-state index is 13.3. The average Bonchev–Trinajstić information content (AvgIpc) is 3.15. The van der Waals surface area contributed by atoms with Crippen molar-refractivity contribution >= 4 is 44.9 Å². The largest absolute Gasteiger partial charge is 0.324 e. The molecule has 31 heavy (non-hydrogen) atoms. The zero-order chi connectivity index (χ0) is 22.0. The van der Waals surface area contributed by atoms with Gasteiger partial charge in [0.05, 0.1) is 21.9 Å². The Balaban J connectivity index is 1.66. The van der Waals surface area contributed by atoms with Crippen LogP contribution in [0, 0.1) is 11.3 Å². The normalized spacial score (nSPS) is 13.9. The molecule has 0 bridgehead atoms. The molecule has 0 saturated carbocycles. The van der Waals surface area contributed by atoms with Crippen molar-refractivity contribution in [1.29, 1.82) is 5.26 Å². The molecule has 1 aliphatic rings. The number of nitrogens with one attached hydrogen (secondary N) is 1. The molecule has 0 fully saturated rings. The van der Waals surface area contributed by atoms with Gasteiger partial charge in [0.1, 0.15) is 10.9 Å². The Morgan fingerprint density at radius 2 is 2.19 bits per heavy atom. The Kier molecular flexibility index (Phi) is 6.25. The number of nitrogens with zero attached hydrogens (tertiary/aromatic N) is 3. The smallest absolute Gasteiger partial charge is 0.263 e. The standard InChI is InChI=1S/C23H22N4O2S2/c1-3-12-27-22(29)19-16-9-5-7-11-18(16)31-21(19)26-23(27)30-14(2)20(28)25-17-10-6-4-8-15(17)13-24/h3-4,6,8,10,14H,1,5,7,9,11-12H2,2H3,(H,25,28)/t14-/m1/s1. The van der Waals surface area contributed by atoms with Crippen LogP contribution < -0.4 is 10.9 Å². The maximum Gasteiger partial charge on any atom is 0.263 e. The molecule has 0 aliphatic heterocycles. The number of fused-ring (bicyclic) bond motifs is 3. The summed E-state index contributed by atoms with van der Waals surface area (Å²) in [6, 6.07) is 8.95. The highest BCUT2D eigenvalue weighted by atomic mass is 32.2. The lowest BCUT2D eigenvalue weighted by Crippen LogP contribution is -2.27. The SMILES string of the molecule is C=CCn1c(S[C@H](C)C(=O)Nc2ccccc2C#N)nc2sc3c(c2c1=O)CCCC3. The van der Waals surface area contributed by atoms with Gasteiger partial charge in [-0.15, -0.1) is 17.9 Å². The fourth-order valence-corrected chi connectivity index (χ4v) is 5.96. The second kappa shape index (κ2) is 9.08. The average molecular weight is 451 g/mol. The van der Waals surface area contributed by atoms with Gasteiger partial charge < -0.3 is 5.32 Å². The van der Waals surface area contributed by atoms with Crippen LogP contribution >= 0.6 is 23.1 Å². The Morgan fingerprint density at radius 3 is 2.97 bits per heavy atom. The van der Waals surface area contributed by atoms with Gasteiger partial charge in [0.15, 0.2) is 5.16 Å². The van der Waals surface area contributed by atoms with Gasteiger partial charge in [-0.05, 0) is 50.3 Å². The molecule has 1 N–H and O–H groups in total. The number of carbonyl (C=O) groups is 1. The van der Waals surface area contributed by atoms with Crippen LogP contribution in [0.15, 0.2) is 46.9 Å². The highest BCUT2D eigenvalue weighted by Gasteiger charge is 2.24. The van der Waals surface area contributed by atoms with Gasteiger partial charge in [-0.25, -0.2) is 4.98 Å². The summed E-state index contributed by atoms with van der Waals surface area (Å²) in [7, 11) is 0. The minimum absolute atomic E-state index is 0.0609. The highest BCUT2D eigenvalue weighted by Crippen LogP contribution is 2.35. The number of para-hydroxylation sites is 1. The van der Waals surface area contributed by atoms with Crippen LogP contribution in [0.3, 0.4) is 0 Å². The second-order valence-corrected chi connectivity index (χ2v) is 9.79. The summed E-state index contributed by atoms with van der Waals surface area (Å²) in [5.41, 5.74) is 1.96. The van der Waals surface area contributed by atoms with Crippen molar-refractivity contribution in [2.24, 2.45) is 0 Å². The van der Waals surface area contributed by atoms with Crippen LogP contribution in [-0.4, -0.2) is 20.7 Å². The molecule has 1 atom stereocenters. The van der Waals surface area contributed by atoms with E-state index in [2.05, 4.69) is 18.0 Å². The number of aromatic nitrogens is 2. The predicted octanol–water partition coefficient (Wildman–Crippen LogP) is 4.51. The summed E-state index contributed by atoms with van der Waals surface area (Å²) >= 11 is 2.84. The van der Waals surface area contributed by atoms with E-state index in [1.165, 1.54) is 16.6 Å². The molecule has 158 valence electrons. The van der Waals surface area contributed by atoms with E-state index < -0.39 is 5.25 Å². The van der Waals surface area contributed by atoms with Crippen molar-refractivity contribution in [3.05, 3.63) is 63.3 Å². The number of hydrogen-bond donors (Lipinski definition) is 1. The number of hydrogen-bond acceptors (Lipinski definition) is 6.